The number of rotatable bonds is 8. The van der Waals surface area contributed by atoms with Crippen LogP contribution in [0.25, 0.3) is 11.0 Å². The number of nitrogens with one attached hydrogen (secondary N) is 2. The van der Waals surface area contributed by atoms with Gasteiger partial charge < -0.3 is 20.3 Å². The number of amides is 2. The molecule has 1 aliphatic rings. The van der Waals surface area contributed by atoms with Crippen LogP contribution in [-0.2, 0) is 11.2 Å². The van der Waals surface area contributed by atoms with Crippen molar-refractivity contribution in [3.05, 3.63) is 75.7 Å². The third-order valence-electron chi connectivity index (χ3n) is 6.52. The van der Waals surface area contributed by atoms with E-state index in [-0.39, 0.29) is 23.5 Å². The Balaban J connectivity index is 1.56. The van der Waals surface area contributed by atoms with E-state index in [0.29, 0.717) is 48.2 Å². The van der Waals surface area contributed by atoms with E-state index >= 15 is 0 Å². The molecule has 3 N–H and O–H groups in total. The summed E-state index contributed by atoms with van der Waals surface area (Å²) in [5.74, 6) is -1.11. The van der Waals surface area contributed by atoms with Crippen molar-refractivity contribution in [3.63, 3.8) is 0 Å². The van der Waals surface area contributed by atoms with E-state index in [9.17, 15) is 32.7 Å². The fraction of sp³-hybridized carbons (Fsp3) is 0.385. The van der Waals surface area contributed by atoms with Crippen LogP contribution >= 0.6 is 0 Å². The molecule has 0 spiro atoms. The highest BCUT2D eigenvalue weighted by Crippen LogP contribution is 2.25. The van der Waals surface area contributed by atoms with Gasteiger partial charge in [0.1, 0.15) is 6.54 Å². The van der Waals surface area contributed by atoms with E-state index in [0.717, 1.165) is 0 Å². The standard InChI is InChI=1S/C26H28F3N5O4/c1-33(24(37)10-16-5-6-20-21(9-16)32-23(36)12-30-20)22(14-34-8-7-19(35)13-34)17-3-2-4-18(11-17)25(38)31-15-26(27,28)29/h2-6,9,11-12,19,22,35H,7-8,10,13-15H2,1H3,(H,31,38)(H,32,36)/t19?,22-/m1/s1. The summed E-state index contributed by atoms with van der Waals surface area (Å²) >= 11 is 0. The zero-order valence-electron chi connectivity index (χ0n) is 20.7. The number of fused-ring (bicyclic) bond motifs is 1. The van der Waals surface area contributed by atoms with Crippen molar-refractivity contribution in [1.29, 1.82) is 0 Å². The molecular weight excluding hydrogens is 503 g/mol. The van der Waals surface area contributed by atoms with E-state index < -0.39 is 30.8 Å². The van der Waals surface area contributed by atoms with Gasteiger partial charge in [0.05, 0.1) is 35.8 Å². The second kappa shape index (κ2) is 11.3. The summed E-state index contributed by atoms with van der Waals surface area (Å²) in [5, 5.41) is 11.8. The Bertz CT molecular complexity index is 1380. The lowest BCUT2D eigenvalue weighted by Gasteiger charge is -2.32. The van der Waals surface area contributed by atoms with Gasteiger partial charge in [-0.3, -0.25) is 19.3 Å². The SMILES string of the molecule is CN(C(=O)Cc1ccc2ncc(=O)[nH]c2c1)[C@H](CN1CCC(O)C1)c1cccc(C(=O)NCC(F)(F)F)c1. The fourth-order valence-electron chi connectivity index (χ4n) is 4.52. The monoisotopic (exact) mass is 531 g/mol. The van der Waals surface area contributed by atoms with Crippen LogP contribution in [0.4, 0.5) is 13.2 Å². The van der Waals surface area contributed by atoms with Crippen LogP contribution in [0, 0.1) is 0 Å². The smallest absolute Gasteiger partial charge is 0.392 e. The van der Waals surface area contributed by atoms with Crippen LogP contribution < -0.4 is 10.9 Å². The number of likely N-dealkylation sites (N-methyl/N-ethyl adjacent to an activating group) is 1. The van der Waals surface area contributed by atoms with E-state index in [4.69, 9.17) is 0 Å². The molecule has 4 rings (SSSR count). The van der Waals surface area contributed by atoms with Crippen LogP contribution in [0.5, 0.6) is 0 Å². The molecule has 1 unspecified atom stereocenters. The summed E-state index contributed by atoms with van der Waals surface area (Å²) in [6, 6.07) is 10.8. The number of hydrogen-bond donors (Lipinski definition) is 3. The number of H-pyrrole nitrogens is 1. The van der Waals surface area contributed by atoms with E-state index in [1.54, 1.807) is 37.4 Å². The minimum Gasteiger partial charge on any atom is -0.392 e. The van der Waals surface area contributed by atoms with Gasteiger partial charge in [0.25, 0.3) is 11.5 Å². The molecule has 1 aliphatic heterocycles. The van der Waals surface area contributed by atoms with Crippen molar-refractivity contribution in [2.75, 3.05) is 33.2 Å². The zero-order valence-corrected chi connectivity index (χ0v) is 20.7. The van der Waals surface area contributed by atoms with Crippen molar-refractivity contribution in [2.45, 2.75) is 31.2 Å². The van der Waals surface area contributed by atoms with Gasteiger partial charge in [0.2, 0.25) is 5.91 Å². The van der Waals surface area contributed by atoms with Crippen molar-refractivity contribution in [1.82, 2.24) is 25.1 Å². The maximum absolute atomic E-state index is 13.4. The van der Waals surface area contributed by atoms with Crippen LogP contribution in [0.2, 0.25) is 0 Å². The van der Waals surface area contributed by atoms with Crippen LogP contribution in [0.1, 0.15) is 33.9 Å². The second-order valence-electron chi connectivity index (χ2n) is 9.42. The summed E-state index contributed by atoms with van der Waals surface area (Å²) < 4.78 is 37.7. The van der Waals surface area contributed by atoms with Gasteiger partial charge in [0, 0.05) is 32.2 Å². The molecule has 12 heteroatoms. The number of benzene rings is 2. The molecule has 1 fully saturated rings. The van der Waals surface area contributed by atoms with E-state index in [1.165, 1.54) is 23.2 Å². The molecule has 1 saturated heterocycles. The molecule has 0 saturated carbocycles. The lowest BCUT2D eigenvalue weighted by atomic mass is 10.0. The maximum Gasteiger partial charge on any atom is 0.405 e. The van der Waals surface area contributed by atoms with Crippen LogP contribution in [0.15, 0.2) is 53.5 Å². The molecule has 2 atom stereocenters. The molecular formula is C26H28F3N5O4. The molecule has 2 aromatic carbocycles. The van der Waals surface area contributed by atoms with Crippen LogP contribution in [0.3, 0.4) is 0 Å². The number of carbonyl (C=O) groups excluding carboxylic acids is 2. The molecule has 0 radical (unpaired) electrons. The van der Waals surface area contributed by atoms with Crippen molar-refractivity contribution >= 4 is 22.8 Å². The largest absolute Gasteiger partial charge is 0.405 e. The molecule has 3 aromatic rings. The molecule has 2 heterocycles. The van der Waals surface area contributed by atoms with E-state index in [1.807, 2.05) is 10.2 Å². The number of hydrogen-bond acceptors (Lipinski definition) is 6. The molecule has 9 nitrogen and oxygen atoms in total. The Morgan fingerprint density at radius 3 is 2.76 bits per heavy atom. The van der Waals surface area contributed by atoms with Crippen molar-refractivity contribution in [3.8, 4) is 0 Å². The number of alkyl halides is 3. The minimum absolute atomic E-state index is 0.0221. The van der Waals surface area contributed by atoms with Gasteiger partial charge >= 0.3 is 6.18 Å². The Kier molecular flexibility index (Phi) is 8.12. The summed E-state index contributed by atoms with van der Waals surface area (Å²) in [4.78, 5) is 47.6. The quantitative estimate of drug-likeness (QED) is 0.410. The molecule has 0 bridgehead atoms. The highest BCUT2D eigenvalue weighted by atomic mass is 19.4. The first-order valence-corrected chi connectivity index (χ1v) is 12.1. The second-order valence-corrected chi connectivity index (χ2v) is 9.42. The number of carbonyl (C=O) groups is 2. The lowest BCUT2D eigenvalue weighted by Crippen LogP contribution is -2.40. The van der Waals surface area contributed by atoms with Gasteiger partial charge in [-0.2, -0.15) is 13.2 Å². The first-order valence-electron chi connectivity index (χ1n) is 12.1. The Morgan fingerprint density at radius 1 is 1.26 bits per heavy atom. The number of aliphatic hydroxyl groups excluding tert-OH is 1. The average molecular weight is 532 g/mol. The molecule has 202 valence electrons. The third kappa shape index (κ3) is 6.95. The highest BCUT2D eigenvalue weighted by Gasteiger charge is 2.30. The maximum atomic E-state index is 13.4. The lowest BCUT2D eigenvalue weighted by molar-refractivity contribution is -0.131. The molecule has 38 heavy (non-hydrogen) atoms. The van der Waals surface area contributed by atoms with Gasteiger partial charge in [-0.1, -0.05) is 18.2 Å². The normalized spacial score (nSPS) is 16.9. The number of halogens is 3. The summed E-state index contributed by atoms with van der Waals surface area (Å²) in [6.07, 6.45) is -3.23. The predicted molar refractivity (Wildman–Crippen MR) is 133 cm³/mol. The predicted octanol–water partition coefficient (Wildman–Crippen LogP) is 2.02. The Labute approximate surface area is 216 Å². The Morgan fingerprint density at radius 2 is 2.05 bits per heavy atom. The summed E-state index contributed by atoms with van der Waals surface area (Å²) in [6.45, 7) is -0.0379. The fourth-order valence-corrected chi connectivity index (χ4v) is 4.52. The van der Waals surface area contributed by atoms with Gasteiger partial charge in [-0.05, 0) is 41.8 Å². The van der Waals surface area contributed by atoms with Gasteiger partial charge in [0.15, 0.2) is 0 Å². The highest BCUT2D eigenvalue weighted by molar-refractivity contribution is 5.94. The first-order chi connectivity index (χ1) is 18.0. The molecule has 2 amide bonds. The molecule has 0 aliphatic carbocycles. The average Bonchev–Trinajstić information content (AvgIpc) is 3.29. The first kappa shape index (κ1) is 27.3. The summed E-state index contributed by atoms with van der Waals surface area (Å²) in [5.41, 5.74) is 2.02. The van der Waals surface area contributed by atoms with E-state index in [2.05, 4.69) is 9.97 Å². The topological polar surface area (TPSA) is 119 Å². The minimum atomic E-state index is -4.54. The Hall–Kier alpha value is -3.77. The van der Waals surface area contributed by atoms with Crippen molar-refractivity contribution < 1.29 is 27.9 Å². The van der Waals surface area contributed by atoms with Gasteiger partial charge in [-0.25, -0.2) is 4.98 Å². The third-order valence-corrected chi connectivity index (χ3v) is 6.52. The number of likely N-dealkylation sites (tertiary alicyclic amines) is 1. The number of aliphatic hydroxyl groups is 1. The number of aromatic amines is 1. The van der Waals surface area contributed by atoms with Gasteiger partial charge in [-0.15, -0.1) is 0 Å². The summed E-state index contributed by atoms with van der Waals surface area (Å²) in [7, 11) is 1.63. The van der Waals surface area contributed by atoms with Crippen LogP contribution in [-0.4, -0.2) is 82.2 Å². The molecule has 1 aromatic heterocycles. The number of β-amino-alcohol motifs (C(OH)–C–C–N with tert-alkyl or cyclic N) is 1. The zero-order chi connectivity index (χ0) is 27.4. The number of nitrogens with zero attached hydrogens (tertiary/aromatic N) is 3. The number of aromatic nitrogens is 2. The van der Waals surface area contributed by atoms with Crippen molar-refractivity contribution in [2.24, 2.45) is 0 Å².